The number of carbonyl (C=O) groups excluding carboxylic acids is 2. The van der Waals surface area contributed by atoms with Crippen LogP contribution >= 0.6 is 0 Å². The number of rotatable bonds is 7. The molecule has 0 aromatic heterocycles. The van der Waals surface area contributed by atoms with Crippen molar-refractivity contribution in [2.45, 2.75) is 44.7 Å². The number of anilines is 1. The van der Waals surface area contributed by atoms with Crippen LogP contribution in [0.1, 0.15) is 27.7 Å². The van der Waals surface area contributed by atoms with Gasteiger partial charge in [-0.1, -0.05) is 0 Å². The number of amides is 2. The molecule has 10 heteroatoms. The molecule has 1 atom stereocenters. The number of sulfonamides is 1. The summed E-state index contributed by atoms with van der Waals surface area (Å²) in [7, 11) is -3.57. The van der Waals surface area contributed by atoms with Crippen molar-refractivity contribution < 1.29 is 22.7 Å². The second kappa shape index (κ2) is 10.0. The van der Waals surface area contributed by atoms with Crippen molar-refractivity contribution in [1.29, 1.82) is 0 Å². The third-order valence-electron chi connectivity index (χ3n) is 4.59. The van der Waals surface area contributed by atoms with Crippen LogP contribution in [0, 0.1) is 0 Å². The van der Waals surface area contributed by atoms with Gasteiger partial charge in [-0.15, -0.1) is 0 Å². The maximum atomic E-state index is 12.6. The first-order valence-corrected chi connectivity index (χ1v) is 11.2. The summed E-state index contributed by atoms with van der Waals surface area (Å²) in [5.74, 6) is -0.189. The maximum Gasteiger partial charge on any atom is 0.409 e. The average molecular weight is 427 g/mol. The lowest BCUT2D eigenvalue weighted by Crippen LogP contribution is -2.54. The van der Waals surface area contributed by atoms with E-state index >= 15 is 0 Å². The normalized spacial score (nSPS) is 16.5. The Morgan fingerprint density at radius 2 is 1.66 bits per heavy atom. The van der Waals surface area contributed by atoms with Crippen molar-refractivity contribution in [1.82, 2.24) is 14.5 Å². The van der Waals surface area contributed by atoms with Gasteiger partial charge in [0.2, 0.25) is 15.9 Å². The van der Waals surface area contributed by atoms with E-state index in [2.05, 4.69) is 10.0 Å². The SMILES string of the molecule is CCOC(=O)N1CCN([C@H](C)C(=O)Nc2ccc(S(=O)(=O)NC(C)C)cc2)CC1. The molecule has 2 amide bonds. The standard InChI is InChI=1S/C19H30N4O5S/c1-5-28-19(25)23-12-10-22(11-13-23)15(4)18(24)20-16-6-8-17(9-7-16)29(26,27)21-14(2)3/h6-9,14-15,21H,5,10-13H2,1-4H3,(H,20,24)/t15-/m1/s1. The molecule has 2 rings (SSSR count). The maximum absolute atomic E-state index is 12.6. The molecule has 1 fully saturated rings. The molecule has 2 N–H and O–H groups in total. The zero-order valence-corrected chi connectivity index (χ0v) is 18.2. The van der Waals surface area contributed by atoms with Crippen molar-refractivity contribution in [3.05, 3.63) is 24.3 Å². The third-order valence-corrected chi connectivity index (χ3v) is 6.26. The Hall–Kier alpha value is -2.17. The van der Waals surface area contributed by atoms with Crippen LogP contribution < -0.4 is 10.0 Å². The number of nitrogens with zero attached hydrogens (tertiary/aromatic N) is 2. The topological polar surface area (TPSA) is 108 Å². The molecular weight excluding hydrogens is 396 g/mol. The summed E-state index contributed by atoms with van der Waals surface area (Å²) < 4.78 is 31.8. The molecule has 1 aromatic rings. The van der Waals surface area contributed by atoms with Gasteiger partial charge in [-0.05, 0) is 52.0 Å². The lowest BCUT2D eigenvalue weighted by atomic mass is 10.2. The number of hydrogen-bond acceptors (Lipinski definition) is 6. The van der Waals surface area contributed by atoms with E-state index in [0.29, 0.717) is 38.5 Å². The lowest BCUT2D eigenvalue weighted by molar-refractivity contribution is -0.121. The van der Waals surface area contributed by atoms with Crippen molar-refractivity contribution in [2.24, 2.45) is 0 Å². The molecule has 0 bridgehead atoms. The Balaban J connectivity index is 1.91. The average Bonchev–Trinajstić information content (AvgIpc) is 2.67. The molecule has 0 aliphatic carbocycles. The minimum absolute atomic E-state index is 0.146. The Labute approximate surface area is 172 Å². The minimum Gasteiger partial charge on any atom is -0.450 e. The summed E-state index contributed by atoms with van der Waals surface area (Å²) in [6.07, 6.45) is -0.328. The van der Waals surface area contributed by atoms with Crippen molar-refractivity contribution in [3.8, 4) is 0 Å². The van der Waals surface area contributed by atoms with Gasteiger partial charge in [-0.2, -0.15) is 0 Å². The fraction of sp³-hybridized carbons (Fsp3) is 0.579. The summed E-state index contributed by atoms with van der Waals surface area (Å²) in [6, 6.07) is 5.47. The van der Waals surface area contributed by atoms with Crippen molar-refractivity contribution in [3.63, 3.8) is 0 Å². The highest BCUT2D eigenvalue weighted by molar-refractivity contribution is 7.89. The summed E-state index contributed by atoms with van der Waals surface area (Å²) in [6.45, 7) is 9.57. The molecule has 29 heavy (non-hydrogen) atoms. The van der Waals surface area contributed by atoms with Gasteiger partial charge in [0.1, 0.15) is 0 Å². The smallest absolute Gasteiger partial charge is 0.409 e. The molecule has 1 heterocycles. The summed E-state index contributed by atoms with van der Waals surface area (Å²) in [4.78, 5) is 28.1. The molecule has 1 aliphatic heterocycles. The molecule has 0 unspecified atom stereocenters. The van der Waals surface area contributed by atoms with Gasteiger partial charge >= 0.3 is 6.09 Å². The molecular formula is C19H30N4O5S. The Morgan fingerprint density at radius 1 is 1.07 bits per heavy atom. The number of benzene rings is 1. The Bertz CT molecular complexity index is 802. The fourth-order valence-corrected chi connectivity index (χ4v) is 4.27. The van der Waals surface area contributed by atoms with Crippen LogP contribution in [0.4, 0.5) is 10.5 Å². The first-order valence-electron chi connectivity index (χ1n) is 9.73. The summed E-state index contributed by atoms with van der Waals surface area (Å²) in [5.41, 5.74) is 0.524. The van der Waals surface area contributed by atoms with Crippen molar-refractivity contribution >= 4 is 27.7 Å². The number of ether oxygens (including phenoxy) is 1. The highest BCUT2D eigenvalue weighted by atomic mass is 32.2. The monoisotopic (exact) mass is 426 g/mol. The van der Waals surface area contributed by atoms with Crippen LogP contribution in [0.25, 0.3) is 0 Å². The molecule has 1 saturated heterocycles. The Kier molecular flexibility index (Phi) is 8.00. The number of piperazine rings is 1. The number of carbonyl (C=O) groups is 2. The molecule has 0 spiro atoms. The van der Waals surface area contributed by atoms with E-state index < -0.39 is 10.0 Å². The van der Waals surface area contributed by atoms with Crippen molar-refractivity contribution in [2.75, 3.05) is 38.1 Å². The van der Waals surface area contributed by atoms with E-state index in [1.165, 1.54) is 12.1 Å². The summed E-state index contributed by atoms with van der Waals surface area (Å²) >= 11 is 0. The van der Waals surface area contributed by atoms with Gasteiger partial charge < -0.3 is 15.0 Å². The lowest BCUT2D eigenvalue weighted by Gasteiger charge is -2.36. The van der Waals surface area contributed by atoms with Gasteiger partial charge in [-0.3, -0.25) is 9.69 Å². The first kappa shape index (κ1) is 23.1. The van der Waals surface area contributed by atoms with Crippen LogP contribution in [-0.4, -0.2) is 75.1 Å². The predicted molar refractivity (Wildman–Crippen MR) is 110 cm³/mol. The van der Waals surface area contributed by atoms with Gasteiger partial charge in [0.05, 0.1) is 17.5 Å². The van der Waals surface area contributed by atoms with Gasteiger partial charge in [0, 0.05) is 37.9 Å². The van der Waals surface area contributed by atoms with E-state index in [0.717, 1.165) is 0 Å². The first-order chi connectivity index (χ1) is 13.6. The van der Waals surface area contributed by atoms with E-state index in [9.17, 15) is 18.0 Å². The van der Waals surface area contributed by atoms with Crippen LogP contribution in [0.5, 0.6) is 0 Å². The van der Waals surface area contributed by atoms with E-state index in [1.807, 2.05) is 4.90 Å². The quantitative estimate of drug-likeness (QED) is 0.684. The number of hydrogen-bond donors (Lipinski definition) is 2. The zero-order chi connectivity index (χ0) is 21.6. The molecule has 0 radical (unpaired) electrons. The molecule has 1 aromatic carbocycles. The minimum atomic E-state index is -3.57. The van der Waals surface area contributed by atoms with E-state index in [1.54, 1.807) is 44.7 Å². The zero-order valence-electron chi connectivity index (χ0n) is 17.3. The van der Waals surface area contributed by atoms with Crippen LogP contribution in [-0.2, 0) is 19.6 Å². The fourth-order valence-electron chi connectivity index (χ4n) is 3.01. The molecule has 0 saturated carbocycles. The highest BCUT2D eigenvalue weighted by Gasteiger charge is 2.28. The predicted octanol–water partition coefficient (Wildman–Crippen LogP) is 1.47. The van der Waals surface area contributed by atoms with Crippen LogP contribution in [0.2, 0.25) is 0 Å². The highest BCUT2D eigenvalue weighted by Crippen LogP contribution is 2.16. The number of nitrogens with one attached hydrogen (secondary N) is 2. The van der Waals surface area contributed by atoms with Gasteiger partial charge in [0.15, 0.2) is 0 Å². The van der Waals surface area contributed by atoms with E-state index in [4.69, 9.17) is 4.74 Å². The van der Waals surface area contributed by atoms with Crippen LogP contribution in [0.3, 0.4) is 0 Å². The van der Waals surface area contributed by atoms with E-state index in [-0.39, 0.29) is 29.0 Å². The third kappa shape index (κ3) is 6.41. The largest absolute Gasteiger partial charge is 0.450 e. The molecule has 162 valence electrons. The van der Waals surface area contributed by atoms with Gasteiger partial charge in [0.25, 0.3) is 0 Å². The summed E-state index contributed by atoms with van der Waals surface area (Å²) in [5, 5.41) is 2.81. The Morgan fingerprint density at radius 3 is 2.17 bits per heavy atom. The second-order valence-electron chi connectivity index (χ2n) is 7.19. The second-order valence-corrected chi connectivity index (χ2v) is 8.90. The van der Waals surface area contributed by atoms with Crippen LogP contribution in [0.15, 0.2) is 29.2 Å². The van der Waals surface area contributed by atoms with Gasteiger partial charge in [-0.25, -0.2) is 17.9 Å². The molecule has 9 nitrogen and oxygen atoms in total. The molecule has 1 aliphatic rings.